The Morgan fingerprint density at radius 2 is 1.67 bits per heavy atom. The fourth-order valence-corrected chi connectivity index (χ4v) is 3.13. The zero-order valence-electron chi connectivity index (χ0n) is 14.0. The third-order valence-electron chi connectivity index (χ3n) is 4.48. The van der Waals surface area contributed by atoms with Gasteiger partial charge in [-0.25, -0.2) is 0 Å². The number of hydrogen-bond acceptors (Lipinski definition) is 4. The Hall–Kier alpha value is -1.72. The molecule has 4 heteroatoms. The van der Waals surface area contributed by atoms with E-state index in [0.29, 0.717) is 19.3 Å². The van der Waals surface area contributed by atoms with Crippen molar-refractivity contribution in [2.24, 2.45) is 0 Å². The summed E-state index contributed by atoms with van der Waals surface area (Å²) in [5.74, 6) is 0. The number of aliphatic hydroxyl groups excluding tert-OH is 1. The number of hydrogen-bond donors (Lipinski definition) is 2. The second-order valence-electron chi connectivity index (χ2n) is 6.36. The molecule has 0 spiro atoms. The summed E-state index contributed by atoms with van der Waals surface area (Å²) >= 11 is 0. The number of nitrogens with zero attached hydrogens (tertiary/aromatic N) is 1. The Morgan fingerprint density at radius 1 is 1.00 bits per heavy atom. The van der Waals surface area contributed by atoms with Gasteiger partial charge >= 0.3 is 0 Å². The van der Waals surface area contributed by atoms with Crippen LogP contribution in [0.4, 0.5) is 0 Å². The van der Waals surface area contributed by atoms with Gasteiger partial charge < -0.3 is 15.2 Å². The van der Waals surface area contributed by atoms with Crippen LogP contribution >= 0.6 is 0 Å². The first kappa shape index (κ1) is 17.1. The minimum absolute atomic E-state index is 0.163. The normalized spacial score (nSPS) is 21.7. The van der Waals surface area contributed by atoms with Crippen molar-refractivity contribution in [3.8, 4) is 0 Å². The third-order valence-corrected chi connectivity index (χ3v) is 4.48. The van der Waals surface area contributed by atoms with Crippen molar-refractivity contribution < 1.29 is 9.84 Å². The Kier molecular flexibility index (Phi) is 6.38. The van der Waals surface area contributed by atoms with Gasteiger partial charge in [0.2, 0.25) is 0 Å². The summed E-state index contributed by atoms with van der Waals surface area (Å²) in [6.07, 6.45) is 0. The maximum absolute atomic E-state index is 9.64. The van der Waals surface area contributed by atoms with E-state index in [0.717, 1.165) is 19.6 Å². The van der Waals surface area contributed by atoms with Crippen LogP contribution in [0, 0.1) is 0 Å². The summed E-state index contributed by atoms with van der Waals surface area (Å²) in [4.78, 5) is 2.35. The van der Waals surface area contributed by atoms with E-state index in [1.165, 1.54) is 11.1 Å². The summed E-state index contributed by atoms with van der Waals surface area (Å²) < 4.78 is 5.87. The summed E-state index contributed by atoms with van der Waals surface area (Å²) in [6.45, 7) is 4.04. The van der Waals surface area contributed by atoms with Crippen molar-refractivity contribution >= 4 is 0 Å². The highest BCUT2D eigenvalue weighted by Crippen LogP contribution is 2.13. The van der Waals surface area contributed by atoms with Crippen molar-refractivity contribution in [3.05, 3.63) is 71.8 Å². The Morgan fingerprint density at radius 3 is 2.33 bits per heavy atom. The van der Waals surface area contributed by atoms with Gasteiger partial charge in [0.1, 0.15) is 0 Å². The number of rotatable bonds is 7. The fourth-order valence-electron chi connectivity index (χ4n) is 3.13. The number of piperazine rings is 1. The van der Waals surface area contributed by atoms with Gasteiger partial charge in [0.15, 0.2) is 0 Å². The molecule has 0 amide bonds. The second kappa shape index (κ2) is 8.94. The van der Waals surface area contributed by atoms with Crippen molar-refractivity contribution in [3.63, 3.8) is 0 Å². The summed E-state index contributed by atoms with van der Waals surface area (Å²) in [5.41, 5.74) is 2.48. The highest BCUT2D eigenvalue weighted by molar-refractivity contribution is 5.15. The fraction of sp³-hybridized carbons (Fsp3) is 0.400. The molecule has 3 rings (SSSR count). The molecule has 0 aromatic heterocycles. The molecule has 2 N–H and O–H groups in total. The molecule has 0 unspecified atom stereocenters. The quantitative estimate of drug-likeness (QED) is 0.817. The zero-order chi connectivity index (χ0) is 16.6. The standard InChI is InChI=1S/C20H26N2O2/c23-14-20-11-21-19(16-24-15-18-9-5-2-6-10-18)13-22(20)12-17-7-3-1-4-8-17/h1-10,19-21,23H,11-16H2/t19-,20-/m1/s1. The van der Waals surface area contributed by atoms with Crippen LogP contribution in [0.5, 0.6) is 0 Å². The Bertz CT molecular complexity index is 591. The van der Waals surface area contributed by atoms with Gasteiger partial charge in [-0.15, -0.1) is 0 Å². The molecular weight excluding hydrogens is 300 g/mol. The number of benzene rings is 2. The van der Waals surface area contributed by atoms with Gasteiger partial charge in [0.05, 0.1) is 19.8 Å². The molecule has 1 aliphatic heterocycles. The molecular formula is C20H26N2O2. The van der Waals surface area contributed by atoms with E-state index in [1.807, 2.05) is 24.3 Å². The topological polar surface area (TPSA) is 44.7 Å². The highest BCUT2D eigenvalue weighted by Gasteiger charge is 2.27. The summed E-state index contributed by atoms with van der Waals surface area (Å²) in [7, 11) is 0. The molecule has 128 valence electrons. The predicted octanol–water partition coefficient (Wildman–Crippen LogP) is 2.04. The van der Waals surface area contributed by atoms with Crippen LogP contribution in [-0.2, 0) is 17.9 Å². The van der Waals surface area contributed by atoms with E-state index in [4.69, 9.17) is 4.74 Å². The van der Waals surface area contributed by atoms with Crippen LogP contribution < -0.4 is 5.32 Å². The van der Waals surface area contributed by atoms with E-state index in [2.05, 4.69) is 46.6 Å². The van der Waals surface area contributed by atoms with Gasteiger partial charge in [0, 0.05) is 31.7 Å². The zero-order valence-corrected chi connectivity index (χ0v) is 14.0. The first-order valence-electron chi connectivity index (χ1n) is 8.59. The molecule has 0 radical (unpaired) electrons. The largest absolute Gasteiger partial charge is 0.395 e. The average Bonchev–Trinajstić information content (AvgIpc) is 2.64. The van der Waals surface area contributed by atoms with Crippen molar-refractivity contribution in [1.82, 2.24) is 10.2 Å². The lowest BCUT2D eigenvalue weighted by molar-refractivity contribution is 0.0326. The lowest BCUT2D eigenvalue weighted by Crippen LogP contribution is -2.58. The minimum atomic E-state index is 0.163. The van der Waals surface area contributed by atoms with Crippen LogP contribution in [-0.4, -0.2) is 48.4 Å². The van der Waals surface area contributed by atoms with Gasteiger partial charge in [-0.1, -0.05) is 60.7 Å². The highest BCUT2D eigenvalue weighted by atomic mass is 16.5. The molecule has 1 heterocycles. The number of nitrogens with one attached hydrogen (secondary N) is 1. The van der Waals surface area contributed by atoms with Gasteiger partial charge in [-0.05, 0) is 11.1 Å². The molecule has 1 saturated heterocycles. The second-order valence-corrected chi connectivity index (χ2v) is 6.36. The van der Waals surface area contributed by atoms with Crippen molar-refractivity contribution in [2.75, 3.05) is 26.3 Å². The predicted molar refractivity (Wildman–Crippen MR) is 95.6 cm³/mol. The maximum Gasteiger partial charge on any atom is 0.0717 e. The van der Waals surface area contributed by atoms with E-state index in [-0.39, 0.29) is 12.6 Å². The third kappa shape index (κ3) is 4.89. The van der Waals surface area contributed by atoms with Crippen molar-refractivity contribution in [1.29, 1.82) is 0 Å². The average molecular weight is 326 g/mol. The molecule has 24 heavy (non-hydrogen) atoms. The minimum Gasteiger partial charge on any atom is -0.395 e. The van der Waals surface area contributed by atoms with Gasteiger partial charge in [0.25, 0.3) is 0 Å². The van der Waals surface area contributed by atoms with E-state index < -0.39 is 0 Å². The first-order valence-corrected chi connectivity index (χ1v) is 8.59. The maximum atomic E-state index is 9.64. The van der Waals surface area contributed by atoms with Gasteiger partial charge in [-0.2, -0.15) is 0 Å². The lowest BCUT2D eigenvalue weighted by Gasteiger charge is -2.39. The van der Waals surface area contributed by atoms with E-state index in [9.17, 15) is 5.11 Å². The monoisotopic (exact) mass is 326 g/mol. The van der Waals surface area contributed by atoms with Crippen LogP contribution in [0.2, 0.25) is 0 Å². The molecule has 0 bridgehead atoms. The molecule has 0 saturated carbocycles. The molecule has 1 fully saturated rings. The lowest BCUT2D eigenvalue weighted by atomic mass is 10.1. The smallest absolute Gasteiger partial charge is 0.0717 e. The molecule has 2 aromatic rings. The molecule has 4 nitrogen and oxygen atoms in total. The van der Waals surface area contributed by atoms with E-state index >= 15 is 0 Å². The molecule has 0 aliphatic carbocycles. The molecule has 2 aromatic carbocycles. The number of ether oxygens (including phenoxy) is 1. The SMILES string of the molecule is OC[C@H]1CN[C@@H](COCc2ccccc2)CN1Cc1ccccc1. The van der Waals surface area contributed by atoms with Crippen molar-refractivity contribution in [2.45, 2.75) is 25.2 Å². The Labute approximate surface area is 144 Å². The number of aliphatic hydroxyl groups is 1. The van der Waals surface area contributed by atoms with Crippen LogP contribution in [0.15, 0.2) is 60.7 Å². The van der Waals surface area contributed by atoms with Gasteiger partial charge in [-0.3, -0.25) is 4.90 Å². The summed E-state index contributed by atoms with van der Waals surface area (Å²) in [5, 5.41) is 13.1. The molecule has 1 aliphatic rings. The summed E-state index contributed by atoms with van der Waals surface area (Å²) in [6, 6.07) is 21.1. The van der Waals surface area contributed by atoms with Crippen LogP contribution in [0.25, 0.3) is 0 Å². The first-order chi connectivity index (χ1) is 11.8. The molecule has 2 atom stereocenters. The van der Waals surface area contributed by atoms with E-state index in [1.54, 1.807) is 0 Å². The van der Waals surface area contributed by atoms with Crippen LogP contribution in [0.3, 0.4) is 0 Å². The Balaban J connectivity index is 1.50. The van der Waals surface area contributed by atoms with Crippen LogP contribution in [0.1, 0.15) is 11.1 Å².